The first-order chi connectivity index (χ1) is 8.39. The highest BCUT2D eigenvalue weighted by molar-refractivity contribution is 8.68. The van der Waals surface area contributed by atoms with Gasteiger partial charge in [-0.25, -0.2) is 0 Å². The maximum Gasteiger partial charge on any atom is 0.247 e. The number of unbranched alkanes of at least 4 members (excludes halogenated alkanes) is 4. The molecule has 0 spiro atoms. The summed E-state index contributed by atoms with van der Waals surface area (Å²) >= 11 is 7.26. The molecule has 0 heterocycles. The van der Waals surface area contributed by atoms with Crippen molar-refractivity contribution in [1.29, 1.82) is 0 Å². The molecule has 18 heavy (non-hydrogen) atoms. The van der Waals surface area contributed by atoms with E-state index in [1.165, 1.54) is 25.7 Å². The lowest BCUT2D eigenvalue weighted by Gasteiger charge is -2.25. The molecule has 0 aliphatic carbocycles. The second kappa shape index (κ2) is 10.7. The Kier molecular flexibility index (Phi) is 11.2. The van der Waals surface area contributed by atoms with Crippen molar-refractivity contribution < 1.29 is 9.05 Å². The van der Waals surface area contributed by atoms with E-state index in [1.54, 1.807) is 11.4 Å². The Morgan fingerprint density at radius 1 is 1.06 bits per heavy atom. The normalized spacial score (nSPS) is 15.3. The van der Waals surface area contributed by atoms with Crippen LogP contribution < -0.4 is 0 Å². The molecule has 110 valence electrons. The molecule has 0 rings (SSSR count). The quantitative estimate of drug-likeness (QED) is 0.356. The fourth-order valence-corrected chi connectivity index (χ4v) is 7.95. The van der Waals surface area contributed by atoms with E-state index in [0.717, 1.165) is 13.0 Å². The van der Waals surface area contributed by atoms with Crippen molar-refractivity contribution in [1.82, 2.24) is 0 Å². The molecule has 1 atom stereocenters. The SMILES string of the molecule is CCCCCCCOP(=S)(OC(C)C)SC(C)C. The zero-order valence-electron chi connectivity index (χ0n) is 12.5. The van der Waals surface area contributed by atoms with Gasteiger partial charge in [0.1, 0.15) is 0 Å². The highest BCUT2D eigenvalue weighted by Gasteiger charge is 2.23. The third kappa shape index (κ3) is 10.8. The van der Waals surface area contributed by atoms with E-state index in [9.17, 15) is 0 Å². The van der Waals surface area contributed by atoms with Crippen molar-refractivity contribution in [2.45, 2.75) is 78.1 Å². The second-order valence-electron chi connectivity index (χ2n) is 5.00. The smallest absolute Gasteiger partial charge is 0.247 e. The maximum absolute atomic E-state index is 5.90. The van der Waals surface area contributed by atoms with Crippen LogP contribution in [0.2, 0.25) is 0 Å². The van der Waals surface area contributed by atoms with E-state index in [4.69, 9.17) is 20.9 Å². The van der Waals surface area contributed by atoms with Gasteiger partial charge in [-0.3, -0.25) is 0 Å². The molecule has 5 heteroatoms. The van der Waals surface area contributed by atoms with Crippen LogP contribution in [0.15, 0.2) is 0 Å². The molecule has 1 unspecified atom stereocenters. The molecule has 0 fully saturated rings. The van der Waals surface area contributed by atoms with Gasteiger partial charge in [0.05, 0.1) is 12.7 Å². The van der Waals surface area contributed by atoms with Crippen LogP contribution in [0.5, 0.6) is 0 Å². The lowest BCUT2D eigenvalue weighted by molar-refractivity contribution is 0.212. The molecule has 2 nitrogen and oxygen atoms in total. The van der Waals surface area contributed by atoms with Gasteiger partial charge >= 0.3 is 0 Å². The molecule has 0 aromatic rings. The Hall–Kier alpha value is 0.920. The van der Waals surface area contributed by atoms with E-state index in [0.29, 0.717) is 5.25 Å². The van der Waals surface area contributed by atoms with Crippen molar-refractivity contribution in [3.8, 4) is 0 Å². The highest BCUT2D eigenvalue weighted by atomic mass is 32.9. The van der Waals surface area contributed by atoms with E-state index in [-0.39, 0.29) is 6.10 Å². The van der Waals surface area contributed by atoms with Crippen molar-refractivity contribution >= 4 is 28.9 Å². The van der Waals surface area contributed by atoms with Crippen molar-refractivity contribution in [2.75, 3.05) is 6.61 Å². The summed E-state index contributed by atoms with van der Waals surface area (Å²) in [5, 5.41) is 0.453. The largest absolute Gasteiger partial charge is 0.322 e. The molecule has 0 N–H and O–H groups in total. The lowest BCUT2D eigenvalue weighted by atomic mass is 10.2. The summed E-state index contributed by atoms with van der Waals surface area (Å²) in [7, 11) is 0. The molecule has 0 radical (unpaired) electrons. The summed E-state index contributed by atoms with van der Waals surface area (Å²) in [6.07, 6.45) is 6.36. The summed E-state index contributed by atoms with van der Waals surface area (Å²) in [4.78, 5) is 0. The predicted molar refractivity (Wildman–Crippen MR) is 87.9 cm³/mol. The van der Waals surface area contributed by atoms with Crippen LogP contribution in [0.1, 0.15) is 66.7 Å². The Morgan fingerprint density at radius 3 is 2.17 bits per heavy atom. The standard InChI is InChI=1S/C13H29O2PS2/c1-6-7-8-9-10-11-14-16(17,15-12(2)3)18-13(4)5/h12-13H,6-11H2,1-5H3. The van der Waals surface area contributed by atoms with Crippen molar-refractivity contribution in [3.63, 3.8) is 0 Å². The number of hydrogen-bond acceptors (Lipinski definition) is 4. The van der Waals surface area contributed by atoms with Gasteiger partial charge in [-0.1, -0.05) is 57.8 Å². The zero-order valence-corrected chi connectivity index (χ0v) is 15.0. The Morgan fingerprint density at radius 2 is 1.67 bits per heavy atom. The van der Waals surface area contributed by atoms with Crippen LogP contribution in [-0.4, -0.2) is 18.0 Å². The minimum atomic E-state index is -2.14. The van der Waals surface area contributed by atoms with Gasteiger partial charge in [-0.2, -0.15) is 0 Å². The van der Waals surface area contributed by atoms with Crippen LogP contribution in [0.3, 0.4) is 0 Å². The van der Waals surface area contributed by atoms with Crippen LogP contribution in [0, 0.1) is 0 Å². The van der Waals surface area contributed by atoms with Gasteiger partial charge < -0.3 is 9.05 Å². The topological polar surface area (TPSA) is 18.5 Å². The van der Waals surface area contributed by atoms with Gasteiger partial charge in [-0.15, -0.1) is 0 Å². The minimum absolute atomic E-state index is 0.141. The number of rotatable bonds is 11. The monoisotopic (exact) mass is 312 g/mol. The third-order valence-electron chi connectivity index (χ3n) is 2.18. The Bertz CT molecular complexity index is 231. The summed E-state index contributed by atoms with van der Waals surface area (Å²) in [5.74, 6) is 0. The van der Waals surface area contributed by atoms with Crippen LogP contribution in [0.4, 0.5) is 0 Å². The van der Waals surface area contributed by atoms with Gasteiger partial charge in [0, 0.05) is 5.25 Å². The van der Waals surface area contributed by atoms with Crippen LogP contribution in [-0.2, 0) is 20.9 Å². The average Bonchev–Trinajstić information content (AvgIpc) is 2.20. The second-order valence-corrected chi connectivity index (χ2v) is 11.7. The minimum Gasteiger partial charge on any atom is -0.322 e. The first-order valence-electron chi connectivity index (χ1n) is 7.01. The van der Waals surface area contributed by atoms with Gasteiger partial charge in [-0.05, 0) is 32.1 Å². The van der Waals surface area contributed by atoms with Gasteiger partial charge in [0.2, 0.25) is 5.69 Å². The van der Waals surface area contributed by atoms with Crippen LogP contribution >= 0.6 is 17.1 Å². The summed E-state index contributed by atoms with van der Waals surface area (Å²) in [6, 6.07) is 0. The van der Waals surface area contributed by atoms with Gasteiger partial charge in [0.15, 0.2) is 0 Å². The predicted octanol–water partition coefficient (Wildman–Crippen LogP) is 5.76. The van der Waals surface area contributed by atoms with Crippen molar-refractivity contribution in [3.05, 3.63) is 0 Å². The van der Waals surface area contributed by atoms with E-state index in [2.05, 4.69) is 20.8 Å². The zero-order chi connectivity index (χ0) is 14.0. The van der Waals surface area contributed by atoms with Crippen molar-refractivity contribution in [2.24, 2.45) is 0 Å². The summed E-state index contributed by atoms with van der Waals surface area (Å²) in [6.45, 7) is 11.3. The molecule has 0 aromatic carbocycles. The first kappa shape index (κ1) is 18.9. The highest BCUT2D eigenvalue weighted by Crippen LogP contribution is 2.63. The Labute approximate surface area is 123 Å². The maximum atomic E-state index is 5.90. The fourth-order valence-electron chi connectivity index (χ4n) is 1.48. The third-order valence-corrected chi connectivity index (χ3v) is 8.00. The fraction of sp³-hybridized carbons (Fsp3) is 1.00. The first-order valence-corrected chi connectivity index (χ1v) is 11.1. The molecule has 0 aromatic heterocycles. The lowest BCUT2D eigenvalue weighted by Crippen LogP contribution is -2.04. The summed E-state index contributed by atoms with van der Waals surface area (Å²) in [5.41, 5.74) is -2.14. The molecule has 0 aliphatic heterocycles. The van der Waals surface area contributed by atoms with E-state index < -0.39 is 5.69 Å². The van der Waals surface area contributed by atoms with Crippen LogP contribution in [0.25, 0.3) is 0 Å². The molecule has 0 saturated heterocycles. The summed E-state index contributed by atoms with van der Waals surface area (Å²) < 4.78 is 11.7. The average molecular weight is 312 g/mol. The molecule has 0 aliphatic rings. The molecule has 0 bridgehead atoms. The molecule has 0 amide bonds. The van der Waals surface area contributed by atoms with E-state index >= 15 is 0 Å². The Balaban J connectivity index is 3.97. The number of hydrogen-bond donors (Lipinski definition) is 0. The molecule has 0 saturated carbocycles. The van der Waals surface area contributed by atoms with Gasteiger partial charge in [0.25, 0.3) is 0 Å². The molecular weight excluding hydrogens is 283 g/mol. The molecular formula is C13H29O2PS2. The van der Waals surface area contributed by atoms with E-state index in [1.807, 2.05) is 13.8 Å².